The summed E-state index contributed by atoms with van der Waals surface area (Å²) in [6, 6.07) is 99.4. The first-order valence-corrected chi connectivity index (χ1v) is 24.1. The van der Waals surface area contributed by atoms with Gasteiger partial charge in [0.1, 0.15) is 0 Å². The highest BCUT2D eigenvalue weighted by Gasteiger charge is 2.48. The lowest BCUT2D eigenvalue weighted by Gasteiger charge is -2.34. The summed E-state index contributed by atoms with van der Waals surface area (Å²) in [4.78, 5) is 0. The Balaban J connectivity index is 0.984. The molecule has 2 aliphatic rings. The van der Waals surface area contributed by atoms with Gasteiger partial charge in [0.15, 0.2) is 0 Å². The Morgan fingerprint density at radius 2 is 0.841 bits per heavy atom. The third-order valence-electron chi connectivity index (χ3n) is 15.2. The van der Waals surface area contributed by atoms with Crippen molar-refractivity contribution in [2.24, 2.45) is 0 Å². The largest absolute Gasteiger partial charge is 0.309 e. The number of benzene rings is 11. The first-order chi connectivity index (χ1) is 34.2. The second kappa shape index (κ2) is 15.7. The number of nitrogens with zero attached hydrogens (tertiary/aromatic N) is 1. The number of hydrogen-bond acceptors (Lipinski definition) is 0. The molecule has 2 aliphatic carbocycles. The van der Waals surface area contributed by atoms with Crippen LogP contribution in [0.15, 0.2) is 267 Å². The summed E-state index contributed by atoms with van der Waals surface area (Å²) in [7, 11) is 0. The maximum atomic E-state index is 2.50. The zero-order valence-corrected chi connectivity index (χ0v) is 37.9. The first-order valence-electron chi connectivity index (χ1n) is 24.1. The summed E-state index contributed by atoms with van der Waals surface area (Å²) >= 11 is 0. The molecule has 1 nitrogen and oxygen atoms in total. The zero-order chi connectivity index (χ0) is 45.5. The van der Waals surface area contributed by atoms with E-state index >= 15 is 0 Å². The Kier molecular flexibility index (Phi) is 8.94. The molecule has 0 N–H and O–H groups in total. The highest BCUT2D eigenvalue weighted by molar-refractivity contribution is 6.11. The predicted molar refractivity (Wildman–Crippen MR) is 287 cm³/mol. The smallest absolute Gasteiger partial charge is 0.0713 e. The summed E-state index contributed by atoms with van der Waals surface area (Å²) < 4.78 is 2.43. The van der Waals surface area contributed by atoms with Gasteiger partial charge in [0.2, 0.25) is 0 Å². The molecule has 0 bridgehead atoms. The molecule has 0 saturated heterocycles. The van der Waals surface area contributed by atoms with Crippen LogP contribution < -0.4 is 0 Å². The molecule has 1 heteroatoms. The number of rotatable bonds is 7. The highest BCUT2D eigenvalue weighted by atomic mass is 15.0. The van der Waals surface area contributed by atoms with Crippen LogP contribution in [0.3, 0.4) is 0 Å². The van der Waals surface area contributed by atoms with Crippen molar-refractivity contribution in [1.29, 1.82) is 0 Å². The van der Waals surface area contributed by atoms with Gasteiger partial charge in [-0.2, -0.15) is 0 Å². The highest BCUT2D eigenvalue weighted by Crippen LogP contribution is 2.62. The van der Waals surface area contributed by atoms with Crippen LogP contribution in [0.1, 0.15) is 44.9 Å². The van der Waals surface area contributed by atoms with Gasteiger partial charge < -0.3 is 4.57 Å². The molecular formula is C68H45N. The van der Waals surface area contributed by atoms with E-state index in [1.54, 1.807) is 0 Å². The Morgan fingerprint density at radius 3 is 1.58 bits per heavy atom. The molecule has 322 valence electrons. The molecule has 1 atom stereocenters. The van der Waals surface area contributed by atoms with E-state index in [-0.39, 0.29) is 5.92 Å². The van der Waals surface area contributed by atoms with Crippen LogP contribution in [-0.2, 0) is 5.41 Å². The maximum Gasteiger partial charge on any atom is 0.0713 e. The van der Waals surface area contributed by atoms with Gasteiger partial charge in [0, 0.05) is 22.4 Å². The van der Waals surface area contributed by atoms with Crippen molar-refractivity contribution in [3.63, 3.8) is 0 Å². The summed E-state index contributed by atoms with van der Waals surface area (Å²) in [6.07, 6.45) is 0. The SMILES string of the molecule is c1ccc(-c2ccc(C3c4ccc(-c5ccc6c(c5)c5ccccc5n6-c5cccc(-c6ccccc6)c5)cc4-c4c3ccc3c4-c4ccccc4C3(c3ccccc3)c3ccccc3)cc2)cc1. The van der Waals surface area contributed by atoms with Crippen molar-refractivity contribution in [3.05, 3.63) is 306 Å². The Labute approximate surface area is 402 Å². The summed E-state index contributed by atoms with van der Waals surface area (Å²) in [5.41, 5.74) is 24.9. The Morgan fingerprint density at radius 1 is 0.304 bits per heavy atom. The molecule has 1 aromatic heterocycles. The average molecular weight is 876 g/mol. The molecule has 0 amide bonds. The first kappa shape index (κ1) is 39.4. The summed E-state index contributed by atoms with van der Waals surface area (Å²) in [5, 5.41) is 2.49. The fourth-order valence-corrected chi connectivity index (χ4v) is 12.2. The topological polar surface area (TPSA) is 4.93 Å². The van der Waals surface area contributed by atoms with Gasteiger partial charge >= 0.3 is 0 Å². The lowest BCUT2D eigenvalue weighted by atomic mass is 9.67. The fourth-order valence-electron chi connectivity index (χ4n) is 12.2. The van der Waals surface area contributed by atoms with Crippen LogP contribution >= 0.6 is 0 Å². The van der Waals surface area contributed by atoms with E-state index in [0.717, 1.165) is 5.69 Å². The number of para-hydroxylation sites is 1. The quantitative estimate of drug-likeness (QED) is 0.150. The minimum absolute atomic E-state index is 0.0712. The van der Waals surface area contributed by atoms with Crippen LogP contribution in [-0.4, -0.2) is 4.57 Å². The maximum absolute atomic E-state index is 2.50. The minimum atomic E-state index is -0.490. The molecule has 0 radical (unpaired) electrons. The molecule has 69 heavy (non-hydrogen) atoms. The van der Waals surface area contributed by atoms with Crippen molar-refractivity contribution < 1.29 is 0 Å². The third kappa shape index (κ3) is 5.97. The standard InChI is InChI=1S/C68H45N/c1-5-18-45(19-6-1)47-32-34-48(35-33-47)65-56-38-36-50(51-37-41-64-59(43-51)55-28-14-16-31-63(55)69(64)54-27-17-22-49(42-54)46-20-7-2-8-21-46)44-60(56)66-58(65)39-40-62-67(66)57-29-13-15-30-61(57)68(62,52-23-9-3-10-24-52)53-25-11-4-12-26-53/h1-44,65H. The Hall–Kier alpha value is -8.78. The van der Waals surface area contributed by atoms with Gasteiger partial charge in [-0.05, 0) is 131 Å². The summed E-state index contributed by atoms with van der Waals surface area (Å²) in [5.74, 6) is 0.0712. The van der Waals surface area contributed by atoms with Crippen molar-refractivity contribution in [2.75, 3.05) is 0 Å². The Bertz CT molecular complexity index is 3880. The molecule has 0 fully saturated rings. The van der Waals surface area contributed by atoms with Crippen LogP contribution in [0.2, 0.25) is 0 Å². The lowest BCUT2D eigenvalue weighted by Crippen LogP contribution is -2.28. The number of fused-ring (bicyclic) bond motifs is 10. The van der Waals surface area contributed by atoms with Gasteiger partial charge in [0.25, 0.3) is 0 Å². The fraction of sp³-hybridized carbons (Fsp3) is 0.0294. The van der Waals surface area contributed by atoms with Crippen LogP contribution in [0, 0.1) is 0 Å². The monoisotopic (exact) mass is 875 g/mol. The molecule has 0 aliphatic heterocycles. The third-order valence-corrected chi connectivity index (χ3v) is 15.2. The minimum Gasteiger partial charge on any atom is -0.309 e. The van der Waals surface area contributed by atoms with E-state index in [0.29, 0.717) is 0 Å². The van der Waals surface area contributed by atoms with E-state index in [9.17, 15) is 0 Å². The van der Waals surface area contributed by atoms with Crippen LogP contribution in [0.25, 0.3) is 83.1 Å². The van der Waals surface area contributed by atoms with Crippen molar-refractivity contribution >= 4 is 21.8 Å². The zero-order valence-electron chi connectivity index (χ0n) is 37.9. The molecule has 11 aromatic carbocycles. The van der Waals surface area contributed by atoms with E-state index in [1.807, 2.05) is 0 Å². The van der Waals surface area contributed by atoms with Gasteiger partial charge in [-0.15, -0.1) is 0 Å². The molecular weight excluding hydrogens is 831 g/mol. The summed E-state index contributed by atoms with van der Waals surface area (Å²) in [6.45, 7) is 0. The van der Waals surface area contributed by atoms with Gasteiger partial charge in [-0.3, -0.25) is 0 Å². The van der Waals surface area contributed by atoms with E-state index in [1.165, 1.54) is 116 Å². The average Bonchev–Trinajstić information content (AvgIpc) is 4.06. The molecule has 14 rings (SSSR count). The van der Waals surface area contributed by atoms with Crippen LogP contribution in [0.4, 0.5) is 0 Å². The molecule has 0 saturated carbocycles. The van der Waals surface area contributed by atoms with Gasteiger partial charge in [-0.25, -0.2) is 0 Å². The number of hydrogen-bond donors (Lipinski definition) is 0. The molecule has 1 unspecified atom stereocenters. The van der Waals surface area contributed by atoms with Crippen molar-refractivity contribution in [3.8, 4) is 61.3 Å². The number of aromatic nitrogens is 1. The van der Waals surface area contributed by atoms with Gasteiger partial charge in [-0.1, -0.05) is 231 Å². The van der Waals surface area contributed by atoms with Gasteiger partial charge in [0.05, 0.1) is 16.4 Å². The van der Waals surface area contributed by atoms with Crippen molar-refractivity contribution in [1.82, 2.24) is 4.57 Å². The lowest BCUT2D eigenvalue weighted by molar-refractivity contribution is 0.768. The predicted octanol–water partition coefficient (Wildman–Crippen LogP) is 17.3. The van der Waals surface area contributed by atoms with Crippen LogP contribution in [0.5, 0.6) is 0 Å². The van der Waals surface area contributed by atoms with E-state index < -0.39 is 5.41 Å². The molecule has 1 heterocycles. The molecule has 12 aromatic rings. The normalized spacial score (nSPS) is 14.1. The second-order valence-electron chi connectivity index (χ2n) is 18.7. The molecule has 0 spiro atoms. The van der Waals surface area contributed by atoms with E-state index in [4.69, 9.17) is 0 Å². The second-order valence-corrected chi connectivity index (χ2v) is 18.7. The van der Waals surface area contributed by atoms with Crippen molar-refractivity contribution in [2.45, 2.75) is 11.3 Å². The van der Waals surface area contributed by atoms with E-state index in [2.05, 4.69) is 271 Å².